The fourth-order valence-corrected chi connectivity index (χ4v) is 2.70. The first-order valence-corrected chi connectivity index (χ1v) is 8.89. The van der Waals surface area contributed by atoms with Gasteiger partial charge in [0.2, 0.25) is 0 Å². The SMILES string of the molecule is CCOc1ccc(O[C@@H](C)C(=O)NN/C=C(\C#N)c2nc(C)cs2)cc1. The highest BCUT2D eigenvalue weighted by atomic mass is 32.1. The van der Waals surface area contributed by atoms with E-state index < -0.39 is 6.10 Å². The molecule has 0 fully saturated rings. The molecule has 26 heavy (non-hydrogen) atoms. The summed E-state index contributed by atoms with van der Waals surface area (Å²) >= 11 is 1.36. The molecule has 0 aliphatic heterocycles. The minimum Gasteiger partial charge on any atom is -0.494 e. The lowest BCUT2D eigenvalue weighted by Crippen LogP contribution is -2.42. The highest BCUT2D eigenvalue weighted by Crippen LogP contribution is 2.19. The Morgan fingerprint density at radius 3 is 2.65 bits per heavy atom. The summed E-state index contributed by atoms with van der Waals surface area (Å²) in [5.41, 5.74) is 6.28. The zero-order valence-electron chi connectivity index (χ0n) is 14.8. The predicted molar refractivity (Wildman–Crippen MR) is 99.4 cm³/mol. The third-order valence-corrected chi connectivity index (χ3v) is 4.19. The van der Waals surface area contributed by atoms with Crippen LogP contribution in [0.25, 0.3) is 5.57 Å². The largest absolute Gasteiger partial charge is 0.494 e. The van der Waals surface area contributed by atoms with Crippen molar-refractivity contribution in [3.05, 3.63) is 46.5 Å². The van der Waals surface area contributed by atoms with Crippen LogP contribution in [0.2, 0.25) is 0 Å². The summed E-state index contributed by atoms with van der Waals surface area (Å²) in [5, 5.41) is 11.6. The molecule has 0 radical (unpaired) electrons. The Hall–Kier alpha value is -3.05. The van der Waals surface area contributed by atoms with Crippen molar-refractivity contribution < 1.29 is 14.3 Å². The number of nitrogens with one attached hydrogen (secondary N) is 2. The second-order valence-electron chi connectivity index (χ2n) is 5.26. The number of aryl methyl sites for hydroxylation is 1. The van der Waals surface area contributed by atoms with E-state index in [2.05, 4.69) is 15.8 Å². The summed E-state index contributed by atoms with van der Waals surface area (Å²) in [6.45, 7) is 5.98. The first kappa shape index (κ1) is 19.3. The Morgan fingerprint density at radius 1 is 1.38 bits per heavy atom. The van der Waals surface area contributed by atoms with Gasteiger partial charge in [0.1, 0.15) is 28.1 Å². The Balaban J connectivity index is 1.86. The first-order valence-electron chi connectivity index (χ1n) is 8.01. The molecule has 0 spiro atoms. The molecule has 0 aliphatic carbocycles. The molecule has 0 saturated heterocycles. The van der Waals surface area contributed by atoms with Gasteiger partial charge < -0.3 is 14.9 Å². The van der Waals surface area contributed by atoms with Gasteiger partial charge in [-0.3, -0.25) is 10.2 Å². The molecule has 2 aromatic rings. The maximum atomic E-state index is 12.1. The minimum atomic E-state index is -0.721. The maximum absolute atomic E-state index is 12.1. The van der Waals surface area contributed by atoms with Gasteiger partial charge in [0.05, 0.1) is 6.61 Å². The number of thiazole rings is 1. The van der Waals surface area contributed by atoms with Crippen LogP contribution in [0.5, 0.6) is 11.5 Å². The van der Waals surface area contributed by atoms with E-state index in [1.165, 1.54) is 17.5 Å². The van der Waals surface area contributed by atoms with Gasteiger partial charge in [-0.25, -0.2) is 4.98 Å². The number of nitrogens with zero attached hydrogens (tertiary/aromatic N) is 2. The van der Waals surface area contributed by atoms with Crippen LogP contribution >= 0.6 is 11.3 Å². The molecule has 8 heteroatoms. The van der Waals surface area contributed by atoms with Crippen molar-refractivity contribution >= 4 is 22.8 Å². The van der Waals surface area contributed by atoms with Gasteiger partial charge in [-0.15, -0.1) is 11.3 Å². The van der Waals surface area contributed by atoms with Crippen LogP contribution in [-0.2, 0) is 4.79 Å². The molecule has 136 valence electrons. The van der Waals surface area contributed by atoms with Crippen molar-refractivity contribution in [2.75, 3.05) is 6.61 Å². The number of hydrogen-bond donors (Lipinski definition) is 2. The van der Waals surface area contributed by atoms with E-state index in [0.29, 0.717) is 22.9 Å². The molecule has 7 nitrogen and oxygen atoms in total. The second kappa shape index (κ2) is 9.44. The summed E-state index contributed by atoms with van der Waals surface area (Å²) in [5.74, 6) is 0.926. The van der Waals surface area contributed by atoms with Crippen LogP contribution < -0.4 is 20.3 Å². The summed E-state index contributed by atoms with van der Waals surface area (Å²) in [6, 6.07) is 9.07. The van der Waals surface area contributed by atoms with Crippen LogP contribution in [0.1, 0.15) is 24.5 Å². The molecule has 0 aliphatic rings. The van der Waals surface area contributed by atoms with Gasteiger partial charge in [0, 0.05) is 17.3 Å². The molecule has 2 rings (SSSR count). The smallest absolute Gasteiger partial charge is 0.279 e. The fourth-order valence-electron chi connectivity index (χ4n) is 1.94. The van der Waals surface area contributed by atoms with E-state index in [1.54, 1.807) is 31.2 Å². The third-order valence-electron chi connectivity index (χ3n) is 3.20. The average molecular weight is 372 g/mol. The lowest BCUT2D eigenvalue weighted by Gasteiger charge is -2.15. The quantitative estimate of drug-likeness (QED) is 0.546. The van der Waals surface area contributed by atoms with Crippen LogP contribution in [0.15, 0.2) is 35.8 Å². The number of amides is 1. The molecule has 2 N–H and O–H groups in total. The normalized spacial score (nSPS) is 12.0. The summed E-state index contributed by atoms with van der Waals surface area (Å²) in [6.07, 6.45) is 0.682. The van der Waals surface area contributed by atoms with Gasteiger partial charge in [-0.2, -0.15) is 5.26 Å². The van der Waals surface area contributed by atoms with E-state index >= 15 is 0 Å². The third kappa shape index (κ3) is 5.50. The number of hydrazine groups is 1. The van der Waals surface area contributed by atoms with Crippen molar-refractivity contribution in [2.24, 2.45) is 0 Å². The zero-order valence-corrected chi connectivity index (χ0v) is 15.6. The van der Waals surface area contributed by atoms with Crippen molar-refractivity contribution in [3.8, 4) is 17.6 Å². The summed E-state index contributed by atoms with van der Waals surface area (Å²) < 4.78 is 10.9. The van der Waals surface area contributed by atoms with Crippen molar-refractivity contribution in [3.63, 3.8) is 0 Å². The molecule has 1 aromatic heterocycles. The maximum Gasteiger partial charge on any atom is 0.279 e. The number of hydrogen-bond acceptors (Lipinski definition) is 7. The lowest BCUT2D eigenvalue weighted by atomic mass is 10.3. The average Bonchev–Trinajstić information content (AvgIpc) is 3.06. The van der Waals surface area contributed by atoms with E-state index in [0.717, 1.165) is 11.4 Å². The zero-order chi connectivity index (χ0) is 18.9. The Bertz CT molecular complexity index is 809. The minimum absolute atomic E-state index is 0.337. The van der Waals surface area contributed by atoms with Gasteiger partial charge in [0.25, 0.3) is 5.91 Å². The number of carbonyl (C=O) groups excluding carboxylic acids is 1. The van der Waals surface area contributed by atoms with E-state index in [1.807, 2.05) is 25.3 Å². The number of allylic oxidation sites excluding steroid dienone is 1. The monoisotopic (exact) mass is 372 g/mol. The van der Waals surface area contributed by atoms with Crippen molar-refractivity contribution in [2.45, 2.75) is 26.9 Å². The van der Waals surface area contributed by atoms with Crippen LogP contribution in [-0.4, -0.2) is 23.6 Å². The Kier molecular flexibility index (Phi) is 7.00. The number of nitriles is 1. The van der Waals surface area contributed by atoms with E-state index in [-0.39, 0.29) is 5.91 Å². The highest BCUT2D eigenvalue weighted by Gasteiger charge is 2.14. The van der Waals surface area contributed by atoms with Crippen LogP contribution in [0.4, 0.5) is 0 Å². The Labute approximate surface area is 156 Å². The number of ether oxygens (including phenoxy) is 2. The lowest BCUT2D eigenvalue weighted by molar-refractivity contribution is -0.127. The van der Waals surface area contributed by atoms with Crippen LogP contribution in [0.3, 0.4) is 0 Å². The molecule has 1 aromatic carbocycles. The van der Waals surface area contributed by atoms with Gasteiger partial charge in [0.15, 0.2) is 6.10 Å². The molecule has 0 bridgehead atoms. The number of benzene rings is 1. The molecule has 1 atom stereocenters. The standard InChI is InChI=1S/C18H20N4O3S/c1-4-24-15-5-7-16(8-6-15)25-13(3)17(23)22-20-10-14(9-19)18-21-12(2)11-26-18/h5-8,10-11,13,20H,4H2,1-3H3,(H,22,23)/b14-10+/t13-/m0/s1. The van der Waals surface area contributed by atoms with E-state index in [9.17, 15) is 10.1 Å². The van der Waals surface area contributed by atoms with Crippen molar-refractivity contribution in [1.29, 1.82) is 5.26 Å². The second-order valence-corrected chi connectivity index (χ2v) is 6.12. The molecule has 0 unspecified atom stereocenters. The van der Waals surface area contributed by atoms with E-state index in [4.69, 9.17) is 9.47 Å². The topological polar surface area (TPSA) is 96.3 Å². The number of aromatic nitrogens is 1. The fraction of sp³-hybridized carbons (Fsp3) is 0.278. The first-order chi connectivity index (χ1) is 12.5. The molecular formula is C18H20N4O3S. The molecule has 0 saturated carbocycles. The van der Waals surface area contributed by atoms with Gasteiger partial charge in [-0.05, 0) is 45.0 Å². The Morgan fingerprint density at radius 2 is 2.08 bits per heavy atom. The number of rotatable bonds is 8. The van der Waals surface area contributed by atoms with Gasteiger partial charge >= 0.3 is 0 Å². The summed E-state index contributed by atoms with van der Waals surface area (Å²) in [4.78, 5) is 16.3. The molecule has 1 amide bonds. The van der Waals surface area contributed by atoms with Crippen molar-refractivity contribution in [1.82, 2.24) is 15.8 Å². The number of carbonyl (C=O) groups is 1. The van der Waals surface area contributed by atoms with Crippen LogP contribution in [0, 0.1) is 18.3 Å². The molecular weight excluding hydrogens is 352 g/mol. The van der Waals surface area contributed by atoms with Gasteiger partial charge in [-0.1, -0.05) is 0 Å². The summed E-state index contributed by atoms with van der Waals surface area (Å²) in [7, 11) is 0. The highest BCUT2D eigenvalue weighted by molar-refractivity contribution is 7.10. The predicted octanol–water partition coefficient (Wildman–Crippen LogP) is 2.80. The molecule has 1 heterocycles.